The lowest BCUT2D eigenvalue weighted by atomic mass is 10.1. The van der Waals surface area contributed by atoms with Gasteiger partial charge in [0.1, 0.15) is 11.5 Å². The molecule has 2 rings (SSSR count). The summed E-state index contributed by atoms with van der Waals surface area (Å²) in [5, 5.41) is 5.34. The van der Waals surface area contributed by atoms with Crippen molar-refractivity contribution in [2.45, 2.75) is 6.04 Å². The van der Waals surface area contributed by atoms with Crippen LogP contribution in [-0.2, 0) is 0 Å². The van der Waals surface area contributed by atoms with Gasteiger partial charge in [0, 0.05) is 10.3 Å². The predicted molar refractivity (Wildman–Crippen MR) is 74.8 cm³/mol. The van der Waals surface area contributed by atoms with E-state index in [0.29, 0.717) is 0 Å². The summed E-state index contributed by atoms with van der Waals surface area (Å²) in [6.07, 6.45) is 0. The van der Waals surface area contributed by atoms with Crippen molar-refractivity contribution < 1.29 is 9.47 Å². The van der Waals surface area contributed by atoms with Gasteiger partial charge in [-0.3, -0.25) is 0 Å². The van der Waals surface area contributed by atoms with Crippen molar-refractivity contribution in [3.63, 3.8) is 0 Å². The SMILES string of the molecule is CNC(c1ccc(OC)cc1)c1cc(OC)cs1. The minimum atomic E-state index is 0.185. The van der Waals surface area contributed by atoms with Crippen LogP contribution in [0.3, 0.4) is 0 Å². The molecule has 96 valence electrons. The molecule has 2 aromatic rings. The average Bonchev–Trinajstić information content (AvgIpc) is 2.89. The third kappa shape index (κ3) is 2.66. The van der Waals surface area contributed by atoms with Crippen LogP contribution in [0.1, 0.15) is 16.5 Å². The Balaban J connectivity index is 2.26. The maximum absolute atomic E-state index is 5.22. The first-order chi connectivity index (χ1) is 8.78. The summed E-state index contributed by atoms with van der Waals surface area (Å²) in [5.41, 5.74) is 1.21. The average molecular weight is 263 g/mol. The molecule has 0 spiro atoms. The zero-order valence-corrected chi connectivity index (χ0v) is 11.6. The molecule has 0 saturated heterocycles. The summed E-state index contributed by atoms with van der Waals surface area (Å²) in [6, 6.07) is 10.4. The van der Waals surface area contributed by atoms with Crippen molar-refractivity contribution in [1.29, 1.82) is 0 Å². The molecule has 1 aromatic carbocycles. The van der Waals surface area contributed by atoms with Crippen molar-refractivity contribution in [2.24, 2.45) is 0 Å². The molecule has 3 nitrogen and oxygen atoms in total. The number of hydrogen-bond acceptors (Lipinski definition) is 4. The van der Waals surface area contributed by atoms with E-state index in [1.165, 1.54) is 10.4 Å². The van der Waals surface area contributed by atoms with Crippen LogP contribution in [0.4, 0.5) is 0 Å². The van der Waals surface area contributed by atoms with Gasteiger partial charge in [0.15, 0.2) is 0 Å². The van der Waals surface area contributed by atoms with Gasteiger partial charge in [0.05, 0.1) is 20.3 Å². The van der Waals surface area contributed by atoms with E-state index in [4.69, 9.17) is 9.47 Å². The van der Waals surface area contributed by atoms with Crippen LogP contribution >= 0.6 is 11.3 Å². The highest BCUT2D eigenvalue weighted by molar-refractivity contribution is 7.10. The molecular formula is C14H17NO2S. The number of benzene rings is 1. The summed E-state index contributed by atoms with van der Waals surface area (Å²) in [6.45, 7) is 0. The summed E-state index contributed by atoms with van der Waals surface area (Å²) in [7, 11) is 5.32. The van der Waals surface area contributed by atoms with Gasteiger partial charge < -0.3 is 14.8 Å². The molecule has 4 heteroatoms. The summed E-state index contributed by atoms with van der Waals surface area (Å²) >= 11 is 1.69. The molecule has 0 aliphatic rings. The minimum absolute atomic E-state index is 0.185. The van der Waals surface area contributed by atoms with Gasteiger partial charge in [-0.05, 0) is 30.8 Å². The van der Waals surface area contributed by atoms with Crippen LogP contribution in [0.15, 0.2) is 35.7 Å². The van der Waals surface area contributed by atoms with Crippen molar-refractivity contribution >= 4 is 11.3 Å². The highest BCUT2D eigenvalue weighted by Gasteiger charge is 2.14. The predicted octanol–water partition coefficient (Wildman–Crippen LogP) is 3.07. The molecule has 1 atom stereocenters. The van der Waals surface area contributed by atoms with Crippen LogP contribution in [0, 0.1) is 0 Å². The molecule has 1 aromatic heterocycles. The van der Waals surface area contributed by atoms with Crippen LogP contribution in [0.5, 0.6) is 11.5 Å². The van der Waals surface area contributed by atoms with Crippen LogP contribution < -0.4 is 14.8 Å². The van der Waals surface area contributed by atoms with E-state index in [-0.39, 0.29) is 6.04 Å². The molecule has 0 fully saturated rings. The van der Waals surface area contributed by atoms with E-state index in [2.05, 4.69) is 23.5 Å². The molecule has 1 unspecified atom stereocenters. The molecule has 0 radical (unpaired) electrons. The normalized spacial score (nSPS) is 12.2. The third-order valence-electron chi connectivity index (χ3n) is 2.85. The van der Waals surface area contributed by atoms with Crippen LogP contribution in [-0.4, -0.2) is 21.3 Å². The molecule has 0 amide bonds. The van der Waals surface area contributed by atoms with Crippen molar-refractivity contribution in [2.75, 3.05) is 21.3 Å². The fraction of sp³-hybridized carbons (Fsp3) is 0.286. The number of ether oxygens (including phenoxy) is 2. The molecule has 1 heterocycles. The Kier molecular flexibility index (Phi) is 4.23. The maximum atomic E-state index is 5.22. The Labute approximate surface area is 111 Å². The van der Waals surface area contributed by atoms with Crippen LogP contribution in [0.2, 0.25) is 0 Å². The summed E-state index contributed by atoms with van der Waals surface area (Å²) < 4.78 is 10.4. The highest BCUT2D eigenvalue weighted by Crippen LogP contribution is 2.31. The molecule has 0 bridgehead atoms. The second kappa shape index (κ2) is 5.89. The third-order valence-corrected chi connectivity index (χ3v) is 3.83. The number of rotatable bonds is 5. The number of nitrogens with one attached hydrogen (secondary N) is 1. The molecular weight excluding hydrogens is 246 g/mol. The topological polar surface area (TPSA) is 30.5 Å². The van der Waals surface area contributed by atoms with Crippen LogP contribution in [0.25, 0.3) is 0 Å². The first-order valence-corrected chi connectivity index (χ1v) is 6.60. The van der Waals surface area contributed by atoms with Crippen molar-refractivity contribution in [1.82, 2.24) is 5.32 Å². The number of thiophene rings is 1. The first-order valence-electron chi connectivity index (χ1n) is 5.72. The highest BCUT2D eigenvalue weighted by atomic mass is 32.1. The van der Waals surface area contributed by atoms with Gasteiger partial charge in [-0.25, -0.2) is 0 Å². The lowest BCUT2D eigenvalue weighted by Crippen LogP contribution is -2.16. The van der Waals surface area contributed by atoms with Crippen molar-refractivity contribution in [3.05, 3.63) is 46.2 Å². The van der Waals surface area contributed by atoms with E-state index < -0.39 is 0 Å². The zero-order valence-electron chi connectivity index (χ0n) is 10.8. The zero-order chi connectivity index (χ0) is 13.0. The smallest absolute Gasteiger partial charge is 0.129 e. The number of methoxy groups -OCH3 is 2. The van der Waals surface area contributed by atoms with Gasteiger partial charge in [-0.1, -0.05) is 12.1 Å². The van der Waals surface area contributed by atoms with Gasteiger partial charge in [0.2, 0.25) is 0 Å². The second-order valence-corrected chi connectivity index (χ2v) is 4.83. The number of hydrogen-bond donors (Lipinski definition) is 1. The Morgan fingerprint density at radius 1 is 1.06 bits per heavy atom. The second-order valence-electron chi connectivity index (χ2n) is 3.88. The summed E-state index contributed by atoms with van der Waals surface area (Å²) in [4.78, 5) is 1.24. The Hall–Kier alpha value is -1.52. The van der Waals surface area contributed by atoms with E-state index >= 15 is 0 Å². The lowest BCUT2D eigenvalue weighted by molar-refractivity contribution is 0.414. The van der Waals surface area contributed by atoms with Gasteiger partial charge in [-0.2, -0.15) is 0 Å². The Bertz CT molecular complexity index is 493. The van der Waals surface area contributed by atoms with E-state index in [1.54, 1.807) is 25.6 Å². The molecule has 1 N–H and O–H groups in total. The quantitative estimate of drug-likeness (QED) is 0.899. The fourth-order valence-electron chi connectivity index (χ4n) is 1.86. The van der Waals surface area contributed by atoms with E-state index in [0.717, 1.165) is 11.5 Å². The molecule has 18 heavy (non-hydrogen) atoms. The lowest BCUT2D eigenvalue weighted by Gasteiger charge is -2.15. The monoisotopic (exact) mass is 263 g/mol. The fourth-order valence-corrected chi connectivity index (χ4v) is 2.85. The Morgan fingerprint density at radius 3 is 2.22 bits per heavy atom. The molecule has 0 saturated carbocycles. The van der Waals surface area contributed by atoms with Gasteiger partial charge in [0.25, 0.3) is 0 Å². The standard InChI is InChI=1S/C14H17NO2S/c1-15-14(13-8-12(17-3)9-18-13)10-4-6-11(16-2)7-5-10/h4-9,14-15H,1-3H3. The Morgan fingerprint density at radius 2 is 1.72 bits per heavy atom. The summed E-state index contributed by atoms with van der Waals surface area (Å²) in [5.74, 6) is 1.78. The van der Waals surface area contributed by atoms with E-state index in [9.17, 15) is 0 Å². The molecule has 0 aliphatic heterocycles. The molecule has 0 aliphatic carbocycles. The first kappa shape index (κ1) is 12.9. The van der Waals surface area contributed by atoms with Gasteiger partial charge in [-0.15, -0.1) is 11.3 Å². The van der Waals surface area contributed by atoms with E-state index in [1.807, 2.05) is 24.6 Å². The minimum Gasteiger partial charge on any atom is -0.497 e. The van der Waals surface area contributed by atoms with Gasteiger partial charge >= 0.3 is 0 Å². The largest absolute Gasteiger partial charge is 0.497 e. The maximum Gasteiger partial charge on any atom is 0.129 e. The van der Waals surface area contributed by atoms with Crippen molar-refractivity contribution in [3.8, 4) is 11.5 Å².